The Kier molecular flexibility index (Phi) is 17.8. The smallest absolute Gasteiger partial charge is 0.434 e. The van der Waals surface area contributed by atoms with Gasteiger partial charge in [-0.2, -0.15) is 0 Å². The zero-order chi connectivity index (χ0) is 34.7. The number of amides is 1. The lowest BCUT2D eigenvalue weighted by Gasteiger charge is -2.34. The maximum absolute atomic E-state index is 13.8. The van der Waals surface area contributed by atoms with Gasteiger partial charge in [0.05, 0.1) is 23.6 Å². The first-order chi connectivity index (χ1) is 23.3. The minimum atomic E-state index is -1.15. The average Bonchev–Trinajstić information content (AvgIpc) is 3.38. The molecule has 1 unspecified atom stereocenters. The molecule has 1 fully saturated rings. The minimum absolute atomic E-state index is 0.283. The Hall–Kier alpha value is -3.11. The molecule has 3 rings (SSSR count). The second kappa shape index (κ2) is 21.8. The molecule has 1 aromatic rings. The van der Waals surface area contributed by atoms with Crippen molar-refractivity contribution in [2.45, 2.75) is 124 Å². The summed E-state index contributed by atoms with van der Waals surface area (Å²) in [5.74, 6) is 0.831. The zero-order valence-electron chi connectivity index (χ0n) is 30.3. The Labute approximate surface area is 293 Å². The summed E-state index contributed by atoms with van der Waals surface area (Å²) in [6.45, 7) is 15.4. The number of allylic oxidation sites excluding steroid dienone is 3. The molecule has 3 heterocycles. The molecular weight excluding hydrogens is 625 g/mol. The van der Waals surface area contributed by atoms with Crippen LogP contribution in [0.15, 0.2) is 47.3 Å². The lowest BCUT2D eigenvalue weighted by molar-refractivity contribution is -0.0725. The van der Waals surface area contributed by atoms with Crippen LogP contribution >= 0.6 is 11.3 Å². The number of hydrogen-bond donors (Lipinski definition) is 0. The predicted octanol–water partition coefficient (Wildman–Crippen LogP) is 9.96. The van der Waals surface area contributed by atoms with Crippen LogP contribution in [0, 0.1) is 6.92 Å². The molecule has 0 aliphatic carbocycles. The van der Waals surface area contributed by atoms with E-state index in [1.165, 1.54) is 93.8 Å². The van der Waals surface area contributed by atoms with E-state index in [4.69, 9.17) is 19.2 Å². The molecule has 2 aliphatic rings. The number of amidine groups is 1. The van der Waals surface area contributed by atoms with Crippen molar-refractivity contribution in [2.24, 2.45) is 4.99 Å². The topological polar surface area (TPSA) is 83.9 Å². The summed E-state index contributed by atoms with van der Waals surface area (Å²) in [5, 5.41) is 0.702. The summed E-state index contributed by atoms with van der Waals surface area (Å²) in [4.78, 5) is 38.4. The molecule has 0 saturated carbocycles. The highest BCUT2D eigenvalue weighted by molar-refractivity contribution is 7.16. The normalized spacial score (nSPS) is 17.6. The molecule has 1 saturated heterocycles. The van der Waals surface area contributed by atoms with Crippen LogP contribution in [0.1, 0.15) is 121 Å². The van der Waals surface area contributed by atoms with Crippen LogP contribution in [0.3, 0.4) is 0 Å². The molecule has 0 aromatic carbocycles. The molecule has 9 nitrogen and oxygen atoms in total. The third kappa shape index (κ3) is 12.7. The lowest BCUT2D eigenvalue weighted by atomic mass is 10.0. The number of fused-ring (bicyclic) bond motifs is 1. The summed E-state index contributed by atoms with van der Waals surface area (Å²) in [6.07, 6.45) is 20.3. The van der Waals surface area contributed by atoms with Crippen molar-refractivity contribution in [1.29, 1.82) is 0 Å². The minimum Gasteiger partial charge on any atom is -0.434 e. The van der Waals surface area contributed by atoms with E-state index >= 15 is 0 Å². The van der Waals surface area contributed by atoms with E-state index in [2.05, 4.69) is 36.4 Å². The highest BCUT2D eigenvalue weighted by Gasteiger charge is 2.35. The van der Waals surface area contributed by atoms with E-state index in [9.17, 15) is 9.59 Å². The van der Waals surface area contributed by atoms with Gasteiger partial charge in [0.25, 0.3) is 0 Å². The number of rotatable bonds is 18. The first-order valence-electron chi connectivity index (χ1n) is 18.3. The van der Waals surface area contributed by atoms with Crippen molar-refractivity contribution < 1.29 is 23.8 Å². The van der Waals surface area contributed by atoms with Crippen molar-refractivity contribution in [3.05, 3.63) is 52.7 Å². The van der Waals surface area contributed by atoms with Gasteiger partial charge in [-0.05, 0) is 39.5 Å². The van der Waals surface area contributed by atoms with Crippen LogP contribution in [-0.2, 0) is 14.2 Å². The first-order valence-corrected chi connectivity index (χ1v) is 19.1. The Morgan fingerprint density at radius 1 is 0.938 bits per heavy atom. The van der Waals surface area contributed by atoms with Gasteiger partial charge in [0, 0.05) is 38.0 Å². The molecule has 0 bridgehead atoms. The standard InChI is InChI=1S/C38H60N4O5S/c1-7-10-11-12-13-14-15-16-17-18-19-20-21-22-28-45-38(44)47-31(5)46-37(43)42-34(23-8-2)33(9-3)39-35(32-29-30(4)48-36(32)42)41-26-24-40(6)25-27-41/h8-9,23,29,31H,2,7,10-22,24-28H2,1,3-6H3/b33-9+,34-23?. The SMILES string of the molecule is C=CC=C1/C(=C\C)N=C(N2CCN(C)CC2)c2cc(C)sc2N1C(=O)OC(C)OC(=O)OCCCCCCCCCCCCCCCC. The van der Waals surface area contributed by atoms with Gasteiger partial charge in [-0.3, -0.25) is 0 Å². The first kappa shape index (κ1) is 39.3. The fourth-order valence-corrected chi connectivity index (χ4v) is 7.05. The third-order valence-corrected chi connectivity index (χ3v) is 9.83. The van der Waals surface area contributed by atoms with Crippen molar-refractivity contribution in [1.82, 2.24) is 9.80 Å². The van der Waals surface area contributed by atoms with Crippen LogP contribution in [-0.4, -0.2) is 74.0 Å². The number of carbonyl (C=O) groups is 2. The van der Waals surface area contributed by atoms with E-state index < -0.39 is 18.5 Å². The molecule has 10 heteroatoms. The second-order valence-electron chi connectivity index (χ2n) is 12.9. The largest absolute Gasteiger partial charge is 0.511 e. The highest BCUT2D eigenvalue weighted by Crippen LogP contribution is 2.40. The van der Waals surface area contributed by atoms with E-state index in [0.29, 0.717) is 16.4 Å². The monoisotopic (exact) mass is 684 g/mol. The van der Waals surface area contributed by atoms with Crippen molar-refractivity contribution >= 4 is 34.4 Å². The van der Waals surface area contributed by atoms with E-state index in [1.807, 2.05) is 19.9 Å². The van der Waals surface area contributed by atoms with Gasteiger partial charge in [0.1, 0.15) is 10.8 Å². The van der Waals surface area contributed by atoms with Crippen molar-refractivity contribution in [3.63, 3.8) is 0 Å². The summed E-state index contributed by atoms with van der Waals surface area (Å²) in [5.41, 5.74) is 2.03. The number of anilines is 1. The summed E-state index contributed by atoms with van der Waals surface area (Å²) < 4.78 is 16.3. The molecule has 1 aromatic heterocycles. The number of likely N-dealkylation sites (N-methyl/N-ethyl adjacent to an activating group) is 1. The van der Waals surface area contributed by atoms with E-state index in [-0.39, 0.29) is 6.61 Å². The maximum Gasteiger partial charge on any atom is 0.511 e. The van der Waals surface area contributed by atoms with Crippen molar-refractivity contribution in [3.8, 4) is 0 Å². The number of ether oxygens (including phenoxy) is 3. The lowest BCUT2D eigenvalue weighted by Crippen LogP contribution is -2.47. The molecule has 0 N–H and O–H groups in total. The third-order valence-electron chi connectivity index (χ3n) is 8.79. The fraction of sp³-hybridized carbons (Fsp3) is 0.658. The number of unbranched alkanes of at least 4 members (excludes halogenated alkanes) is 13. The Morgan fingerprint density at radius 2 is 1.52 bits per heavy atom. The molecule has 0 spiro atoms. The van der Waals surface area contributed by atoms with Crippen LogP contribution in [0.25, 0.3) is 0 Å². The number of carbonyl (C=O) groups excluding carboxylic acids is 2. The average molecular weight is 685 g/mol. The quantitative estimate of drug-likeness (QED) is 0.0865. The number of aryl methyl sites for hydroxylation is 1. The molecule has 1 atom stereocenters. The van der Waals surface area contributed by atoms with E-state index in [1.54, 1.807) is 12.2 Å². The number of nitrogens with zero attached hydrogens (tertiary/aromatic N) is 4. The molecular formula is C38H60N4O5S. The number of aliphatic imine (C=N–C) groups is 1. The fourth-order valence-electron chi connectivity index (χ4n) is 6.05. The van der Waals surface area contributed by atoms with Gasteiger partial charge >= 0.3 is 12.2 Å². The number of piperazine rings is 1. The van der Waals surface area contributed by atoms with Crippen LogP contribution in [0.4, 0.5) is 14.6 Å². The number of hydrogen-bond acceptors (Lipinski definition) is 9. The molecule has 48 heavy (non-hydrogen) atoms. The maximum atomic E-state index is 13.8. The molecule has 1 amide bonds. The Morgan fingerprint density at radius 3 is 2.08 bits per heavy atom. The summed E-state index contributed by atoms with van der Waals surface area (Å²) >= 11 is 1.49. The van der Waals surface area contributed by atoms with Crippen LogP contribution in [0.5, 0.6) is 0 Å². The second-order valence-corrected chi connectivity index (χ2v) is 14.1. The van der Waals surface area contributed by atoms with E-state index in [0.717, 1.165) is 61.7 Å². The molecule has 268 valence electrons. The van der Waals surface area contributed by atoms with Crippen LogP contribution in [0.2, 0.25) is 0 Å². The van der Waals surface area contributed by atoms with Gasteiger partial charge in [-0.1, -0.05) is 109 Å². The molecule has 0 radical (unpaired) electrons. The highest BCUT2D eigenvalue weighted by atomic mass is 32.1. The van der Waals surface area contributed by atoms with Gasteiger partial charge in [-0.15, -0.1) is 11.3 Å². The zero-order valence-corrected chi connectivity index (χ0v) is 31.1. The van der Waals surface area contributed by atoms with Crippen molar-refractivity contribution in [2.75, 3.05) is 44.7 Å². The summed E-state index contributed by atoms with van der Waals surface area (Å²) in [7, 11) is 2.12. The predicted molar refractivity (Wildman–Crippen MR) is 198 cm³/mol. The summed E-state index contributed by atoms with van der Waals surface area (Å²) in [6, 6.07) is 2.07. The van der Waals surface area contributed by atoms with Gasteiger partial charge in [0.2, 0.25) is 6.29 Å². The molecule has 2 aliphatic heterocycles. The van der Waals surface area contributed by atoms with Gasteiger partial charge in [0.15, 0.2) is 0 Å². The Bertz CT molecular complexity index is 1250. The van der Waals surface area contributed by atoms with Gasteiger partial charge < -0.3 is 24.0 Å². The number of thiophene rings is 1. The van der Waals surface area contributed by atoms with Crippen LogP contribution < -0.4 is 4.90 Å². The van der Waals surface area contributed by atoms with Gasteiger partial charge in [-0.25, -0.2) is 19.5 Å². The Balaban J connectivity index is 1.45.